The average molecular weight is 488 g/mol. The number of hydrogen-bond acceptors (Lipinski definition) is 0. The maximum absolute atomic E-state index is 3.68. The topological polar surface area (TPSA) is 4.93 Å². The lowest BCUT2D eigenvalue weighted by molar-refractivity contribution is 0.659. The van der Waals surface area contributed by atoms with Crippen LogP contribution in [0.1, 0.15) is 25.0 Å². The Morgan fingerprint density at radius 1 is 0.636 bits per heavy atom. The molecule has 0 radical (unpaired) electrons. The Hall–Kier alpha value is -3.36. The first-order valence-corrected chi connectivity index (χ1v) is 12.2. The van der Waals surface area contributed by atoms with Gasteiger partial charge in [-0.1, -0.05) is 90.4 Å². The second-order valence-electron chi connectivity index (χ2n) is 9.58. The number of rotatable bonds is 1. The fraction of sp³-hybridized carbons (Fsp3) is 0.0968. The van der Waals surface area contributed by atoms with Crippen molar-refractivity contribution in [2.45, 2.75) is 19.3 Å². The van der Waals surface area contributed by atoms with Crippen molar-refractivity contribution in [2.75, 3.05) is 0 Å². The van der Waals surface area contributed by atoms with E-state index in [0.29, 0.717) is 0 Å². The second-order valence-corrected chi connectivity index (χ2v) is 10.5. The van der Waals surface area contributed by atoms with E-state index in [0.717, 1.165) is 4.47 Å². The van der Waals surface area contributed by atoms with Gasteiger partial charge in [-0.05, 0) is 69.4 Å². The molecule has 0 bridgehead atoms. The molecule has 2 heteroatoms. The third-order valence-electron chi connectivity index (χ3n) is 7.44. The van der Waals surface area contributed by atoms with Gasteiger partial charge in [-0.25, -0.2) is 0 Å². The van der Waals surface area contributed by atoms with E-state index in [1.807, 2.05) is 0 Å². The summed E-state index contributed by atoms with van der Waals surface area (Å²) in [7, 11) is 0. The molecule has 0 saturated carbocycles. The molecule has 1 nitrogen and oxygen atoms in total. The van der Waals surface area contributed by atoms with Crippen LogP contribution in [-0.2, 0) is 5.41 Å². The molecule has 1 aliphatic rings. The summed E-state index contributed by atoms with van der Waals surface area (Å²) in [6, 6.07) is 35.7. The molecule has 1 heterocycles. The van der Waals surface area contributed by atoms with Crippen LogP contribution < -0.4 is 0 Å². The highest BCUT2D eigenvalue weighted by Gasteiger charge is 2.35. The molecule has 0 fully saturated rings. The van der Waals surface area contributed by atoms with Gasteiger partial charge < -0.3 is 4.57 Å². The predicted molar refractivity (Wildman–Crippen MR) is 144 cm³/mol. The van der Waals surface area contributed by atoms with Crippen LogP contribution in [0.3, 0.4) is 0 Å². The third-order valence-corrected chi connectivity index (χ3v) is 7.94. The number of halogens is 1. The summed E-state index contributed by atoms with van der Waals surface area (Å²) >= 11 is 3.68. The molecule has 0 amide bonds. The molecule has 1 aromatic heterocycles. The van der Waals surface area contributed by atoms with E-state index in [1.54, 1.807) is 0 Å². The van der Waals surface area contributed by atoms with Gasteiger partial charge in [0.05, 0.1) is 11.0 Å². The number of hydrogen-bond donors (Lipinski definition) is 0. The van der Waals surface area contributed by atoms with E-state index >= 15 is 0 Å². The maximum atomic E-state index is 3.68. The van der Waals surface area contributed by atoms with Gasteiger partial charge in [0.1, 0.15) is 0 Å². The molecular formula is C31H22BrN. The second kappa shape index (κ2) is 6.59. The highest BCUT2D eigenvalue weighted by molar-refractivity contribution is 9.10. The van der Waals surface area contributed by atoms with E-state index in [-0.39, 0.29) is 5.41 Å². The number of benzene rings is 5. The quantitative estimate of drug-likeness (QED) is 0.218. The molecule has 0 N–H and O–H groups in total. The van der Waals surface area contributed by atoms with Crippen molar-refractivity contribution in [2.24, 2.45) is 0 Å². The van der Waals surface area contributed by atoms with Crippen molar-refractivity contribution in [3.63, 3.8) is 0 Å². The minimum Gasteiger partial charge on any atom is -0.309 e. The van der Waals surface area contributed by atoms with Gasteiger partial charge in [-0.15, -0.1) is 0 Å². The Kier molecular flexibility index (Phi) is 3.82. The molecular weight excluding hydrogens is 466 g/mol. The molecule has 0 aliphatic heterocycles. The van der Waals surface area contributed by atoms with E-state index in [2.05, 4.69) is 131 Å². The van der Waals surface area contributed by atoms with E-state index in [4.69, 9.17) is 0 Å². The van der Waals surface area contributed by atoms with Crippen LogP contribution in [0.15, 0.2) is 102 Å². The Labute approximate surface area is 201 Å². The van der Waals surface area contributed by atoms with Gasteiger partial charge in [0, 0.05) is 26.3 Å². The molecule has 0 spiro atoms. The summed E-state index contributed by atoms with van der Waals surface area (Å²) in [5.41, 5.74) is 9.14. The van der Waals surface area contributed by atoms with Crippen LogP contribution in [0.2, 0.25) is 0 Å². The van der Waals surface area contributed by atoms with Crippen molar-refractivity contribution in [3.8, 4) is 16.8 Å². The first-order valence-electron chi connectivity index (χ1n) is 11.4. The van der Waals surface area contributed by atoms with Crippen molar-refractivity contribution >= 4 is 48.5 Å². The zero-order chi connectivity index (χ0) is 22.3. The van der Waals surface area contributed by atoms with E-state index in [1.165, 1.54) is 60.5 Å². The lowest BCUT2D eigenvalue weighted by Crippen LogP contribution is -2.15. The predicted octanol–water partition coefficient (Wildman–Crippen LogP) is 9.01. The van der Waals surface area contributed by atoms with Gasteiger partial charge in [0.2, 0.25) is 0 Å². The Morgan fingerprint density at radius 2 is 1.33 bits per heavy atom. The summed E-state index contributed by atoms with van der Waals surface area (Å²) in [5, 5.41) is 5.22. The van der Waals surface area contributed by atoms with Crippen LogP contribution in [0.4, 0.5) is 0 Å². The van der Waals surface area contributed by atoms with Gasteiger partial charge in [-0.3, -0.25) is 0 Å². The minimum absolute atomic E-state index is 0.0457. The number of aromatic nitrogens is 1. The van der Waals surface area contributed by atoms with Crippen LogP contribution in [0.5, 0.6) is 0 Å². The highest BCUT2D eigenvalue weighted by atomic mass is 79.9. The lowest BCUT2D eigenvalue weighted by atomic mass is 9.82. The largest absolute Gasteiger partial charge is 0.309 e. The molecule has 0 atom stereocenters. The summed E-state index contributed by atoms with van der Waals surface area (Å²) < 4.78 is 3.57. The molecule has 6 aromatic rings. The maximum Gasteiger partial charge on any atom is 0.0547 e. The van der Waals surface area contributed by atoms with E-state index < -0.39 is 0 Å². The Balaban J connectivity index is 1.56. The number of para-hydroxylation sites is 1. The fourth-order valence-electron chi connectivity index (χ4n) is 5.85. The lowest BCUT2D eigenvalue weighted by Gasteiger charge is -2.22. The standard InChI is InChI=1S/C31H22BrN/c1-31(2)26-17-20(32)12-14-23(26)24-15-13-21(18-27(24)31)33-28-10-6-5-9-25(28)30-22-8-4-3-7-19(22)11-16-29(30)33/h3-18H,1-2H3. The fourth-order valence-corrected chi connectivity index (χ4v) is 6.22. The van der Waals surface area contributed by atoms with Gasteiger partial charge in [0.25, 0.3) is 0 Å². The zero-order valence-electron chi connectivity index (χ0n) is 18.6. The van der Waals surface area contributed by atoms with Crippen LogP contribution in [0.25, 0.3) is 49.4 Å². The Morgan fingerprint density at radius 3 is 2.18 bits per heavy atom. The molecule has 33 heavy (non-hydrogen) atoms. The molecule has 0 unspecified atom stereocenters. The molecule has 158 valence electrons. The first-order chi connectivity index (χ1) is 16.0. The van der Waals surface area contributed by atoms with Crippen molar-refractivity contribution in [1.82, 2.24) is 4.57 Å². The van der Waals surface area contributed by atoms with Gasteiger partial charge in [0.15, 0.2) is 0 Å². The van der Waals surface area contributed by atoms with Crippen LogP contribution >= 0.6 is 15.9 Å². The van der Waals surface area contributed by atoms with E-state index in [9.17, 15) is 0 Å². The summed E-state index contributed by atoms with van der Waals surface area (Å²) in [6.45, 7) is 4.68. The minimum atomic E-state index is -0.0457. The monoisotopic (exact) mass is 487 g/mol. The van der Waals surface area contributed by atoms with Gasteiger partial charge >= 0.3 is 0 Å². The van der Waals surface area contributed by atoms with Gasteiger partial charge in [-0.2, -0.15) is 0 Å². The molecule has 5 aromatic carbocycles. The van der Waals surface area contributed by atoms with Crippen molar-refractivity contribution < 1.29 is 0 Å². The first kappa shape index (κ1) is 19.1. The molecule has 1 aliphatic carbocycles. The van der Waals surface area contributed by atoms with Crippen molar-refractivity contribution in [1.29, 1.82) is 0 Å². The highest BCUT2D eigenvalue weighted by Crippen LogP contribution is 2.50. The summed E-state index contributed by atoms with van der Waals surface area (Å²) in [5.74, 6) is 0. The average Bonchev–Trinajstić information content (AvgIpc) is 3.28. The third kappa shape index (κ3) is 2.53. The summed E-state index contributed by atoms with van der Waals surface area (Å²) in [6.07, 6.45) is 0. The smallest absolute Gasteiger partial charge is 0.0547 e. The van der Waals surface area contributed by atoms with Crippen LogP contribution in [-0.4, -0.2) is 4.57 Å². The normalized spacial score (nSPS) is 14.2. The zero-order valence-corrected chi connectivity index (χ0v) is 20.1. The number of nitrogens with zero attached hydrogens (tertiary/aromatic N) is 1. The number of fused-ring (bicyclic) bond motifs is 8. The van der Waals surface area contributed by atoms with Crippen LogP contribution in [0, 0.1) is 0 Å². The SMILES string of the molecule is CC1(C)c2cc(Br)ccc2-c2ccc(-n3c4ccccc4c4c5ccccc5ccc43)cc21. The summed E-state index contributed by atoms with van der Waals surface area (Å²) in [4.78, 5) is 0. The molecule has 0 saturated heterocycles. The Bertz CT molecular complexity index is 1750. The molecule has 7 rings (SSSR count). The van der Waals surface area contributed by atoms with Crippen molar-refractivity contribution in [3.05, 3.63) is 113 Å².